The molecule has 0 aliphatic carbocycles. The SMILES string of the molecule is Cc1c(Cl)cccc1-c1ccc(C(C)CCN)o1. The molecule has 1 heterocycles. The largest absolute Gasteiger partial charge is 0.461 e. The maximum absolute atomic E-state index is 6.12. The lowest BCUT2D eigenvalue weighted by Gasteiger charge is -2.07. The Balaban J connectivity index is 2.32. The zero-order valence-corrected chi connectivity index (χ0v) is 11.5. The van der Waals surface area contributed by atoms with Crippen LogP contribution in [0.25, 0.3) is 11.3 Å². The Morgan fingerprint density at radius 1 is 1.28 bits per heavy atom. The summed E-state index contributed by atoms with van der Waals surface area (Å²) in [4.78, 5) is 0. The smallest absolute Gasteiger partial charge is 0.134 e. The summed E-state index contributed by atoms with van der Waals surface area (Å²) in [6.07, 6.45) is 0.932. The van der Waals surface area contributed by atoms with Crippen LogP contribution in [0.3, 0.4) is 0 Å². The molecule has 2 nitrogen and oxygen atoms in total. The molecule has 0 spiro atoms. The van der Waals surface area contributed by atoms with Crippen LogP contribution in [0.5, 0.6) is 0 Å². The third-order valence-electron chi connectivity index (χ3n) is 3.25. The topological polar surface area (TPSA) is 39.2 Å². The van der Waals surface area contributed by atoms with Gasteiger partial charge in [0.25, 0.3) is 0 Å². The van der Waals surface area contributed by atoms with E-state index in [2.05, 4.69) is 6.92 Å². The highest BCUT2D eigenvalue weighted by atomic mass is 35.5. The molecule has 0 saturated heterocycles. The van der Waals surface area contributed by atoms with Crippen molar-refractivity contribution in [2.75, 3.05) is 6.54 Å². The molecule has 0 amide bonds. The summed E-state index contributed by atoms with van der Waals surface area (Å²) in [5, 5.41) is 0.764. The van der Waals surface area contributed by atoms with Gasteiger partial charge in [0.2, 0.25) is 0 Å². The summed E-state index contributed by atoms with van der Waals surface area (Å²) in [5.74, 6) is 2.20. The van der Waals surface area contributed by atoms with Crippen LogP contribution in [0.1, 0.15) is 30.6 Å². The lowest BCUT2D eigenvalue weighted by atomic mass is 10.1. The molecule has 3 heteroatoms. The monoisotopic (exact) mass is 263 g/mol. The molecule has 1 aromatic heterocycles. The average Bonchev–Trinajstić information content (AvgIpc) is 2.82. The van der Waals surface area contributed by atoms with Crippen molar-refractivity contribution in [3.05, 3.63) is 46.7 Å². The maximum atomic E-state index is 6.12. The highest BCUT2D eigenvalue weighted by Gasteiger charge is 2.13. The summed E-state index contributed by atoms with van der Waals surface area (Å²) in [5.41, 5.74) is 7.67. The summed E-state index contributed by atoms with van der Waals surface area (Å²) in [7, 11) is 0. The lowest BCUT2D eigenvalue weighted by molar-refractivity contribution is 0.473. The molecule has 96 valence electrons. The molecule has 18 heavy (non-hydrogen) atoms. The lowest BCUT2D eigenvalue weighted by Crippen LogP contribution is -2.03. The number of furan rings is 1. The number of rotatable bonds is 4. The highest BCUT2D eigenvalue weighted by Crippen LogP contribution is 2.32. The molecule has 0 bridgehead atoms. The fourth-order valence-electron chi connectivity index (χ4n) is 2.03. The molecule has 2 aromatic rings. The molecular formula is C15H18ClNO. The number of benzene rings is 1. The molecular weight excluding hydrogens is 246 g/mol. The van der Waals surface area contributed by atoms with Gasteiger partial charge in [0.05, 0.1) is 0 Å². The van der Waals surface area contributed by atoms with E-state index in [0.29, 0.717) is 12.5 Å². The molecule has 0 saturated carbocycles. The first-order valence-electron chi connectivity index (χ1n) is 6.18. The van der Waals surface area contributed by atoms with Gasteiger partial charge in [-0.25, -0.2) is 0 Å². The minimum absolute atomic E-state index is 0.350. The van der Waals surface area contributed by atoms with Gasteiger partial charge < -0.3 is 10.2 Å². The first-order chi connectivity index (χ1) is 8.63. The van der Waals surface area contributed by atoms with E-state index in [1.54, 1.807) is 0 Å². The van der Waals surface area contributed by atoms with Crippen molar-refractivity contribution in [1.29, 1.82) is 0 Å². The predicted molar refractivity (Wildman–Crippen MR) is 76.0 cm³/mol. The Bertz CT molecular complexity index is 533. The van der Waals surface area contributed by atoms with Crippen LogP contribution in [0, 0.1) is 6.92 Å². The second kappa shape index (κ2) is 5.59. The first-order valence-corrected chi connectivity index (χ1v) is 6.56. The quantitative estimate of drug-likeness (QED) is 0.890. The molecule has 1 unspecified atom stereocenters. The van der Waals surface area contributed by atoms with E-state index in [1.165, 1.54) is 0 Å². The van der Waals surface area contributed by atoms with Gasteiger partial charge in [-0.15, -0.1) is 0 Å². The van der Waals surface area contributed by atoms with Gasteiger partial charge in [-0.05, 0) is 43.7 Å². The van der Waals surface area contributed by atoms with Gasteiger partial charge in [-0.3, -0.25) is 0 Å². The second-order valence-electron chi connectivity index (χ2n) is 4.59. The van der Waals surface area contributed by atoms with Crippen molar-refractivity contribution >= 4 is 11.6 Å². The molecule has 2 rings (SSSR count). The number of hydrogen-bond acceptors (Lipinski definition) is 2. The van der Waals surface area contributed by atoms with E-state index in [1.807, 2.05) is 37.3 Å². The van der Waals surface area contributed by atoms with Gasteiger partial charge in [0.1, 0.15) is 11.5 Å². The molecule has 0 aliphatic rings. The fourth-order valence-corrected chi connectivity index (χ4v) is 2.20. The van der Waals surface area contributed by atoms with Crippen LogP contribution in [0.4, 0.5) is 0 Å². The number of halogens is 1. The van der Waals surface area contributed by atoms with E-state index in [-0.39, 0.29) is 0 Å². The van der Waals surface area contributed by atoms with E-state index in [9.17, 15) is 0 Å². The summed E-state index contributed by atoms with van der Waals surface area (Å²) < 4.78 is 5.91. The summed E-state index contributed by atoms with van der Waals surface area (Å²) >= 11 is 6.12. The second-order valence-corrected chi connectivity index (χ2v) is 5.00. The van der Waals surface area contributed by atoms with Crippen molar-refractivity contribution in [1.82, 2.24) is 0 Å². The third kappa shape index (κ3) is 2.60. The summed E-state index contributed by atoms with van der Waals surface area (Å²) in [6.45, 7) is 4.80. The van der Waals surface area contributed by atoms with Crippen molar-refractivity contribution in [2.45, 2.75) is 26.2 Å². The number of nitrogens with two attached hydrogens (primary N) is 1. The van der Waals surface area contributed by atoms with Crippen LogP contribution >= 0.6 is 11.6 Å². The minimum Gasteiger partial charge on any atom is -0.461 e. The van der Waals surface area contributed by atoms with E-state index < -0.39 is 0 Å². The maximum Gasteiger partial charge on any atom is 0.134 e. The van der Waals surface area contributed by atoms with E-state index in [4.69, 9.17) is 21.8 Å². The van der Waals surface area contributed by atoms with Crippen LogP contribution in [0.2, 0.25) is 5.02 Å². The predicted octanol–water partition coefficient (Wildman–Crippen LogP) is 4.36. The molecule has 0 radical (unpaired) electrons. The third-order valence-corrected chi connectivity index (χ3v) is 3.65. The van der Waals surface area contributed by atoms with Gasteiger partial charge >= 0.3 is 0 Å². The standard InChI is InChI=1S/C15H18ClNO/c1-10(8-9-17)14-6-7-15(18-14)12-4-3-5-13(16)11(12)2/h3-7,10H,8-9,17H2,1-2H3. The van der Waals surface area contributed by atoms with Gasteiger partial charge in [-0.1, -0.05) is 30.7 Å². The van der Waals surface area contributed by atoms with Crippen molar-refractivity contribution in [3.8, 4) is 11.3 Å². The average molecular weight is 264 g/mol. The van der Waals surface area contributed by atoms with Gasteiger partial charge in [0, 0.05) is 16.5 Å². The Hall–Kier alpha value is -1.25. The number of hydrogen-bond donors (Lipinski definition) is 1. The van der Waals surface area contributed by atoms with Crippen LogP contribution in [0.15, 0.2) is 34.7 Å². The zero-order chi connectivity index (χ0) is 13.1. The van der Waals surface area contributed by atoms with E-state index >= 15 is 0 Å². The Morgan fingerprint density at radius 2 is 2.06 bits per heavy atom. The minimum atomic E-state index is 0.350. The Kier molecular flexibility index (Phi) is 4.10. The highest BCUT2D eigenvalue weighted by molar-refractivity contribution is 6.31. The molecule has 1 atom stereocenters. The van der Waals surface area contributed by atoms with Crippen LogP contribution in [-0.4, -0.2) is 6.54 Å². The molecule has 0 fully saturated rings. The molecule has 1 aromatic carbocycles. The van der Waals surface area contributed by atoms with Crippen LogP contribution in [-0.2, 0) is 0 Å². The zero-order valence-electron chi connectivity index (χ0n) is 10.7. The van der Waals surface area contributed by atoms with E-state index in [0.717, 1.165) is 34.1 Å². The van der Waals surface area contributed by atoms with Crippen molar-refractivity contribution < 1.29 is 4.42 Å². The fraction of sp³-hybridized carbons (Fsp3) is 0.333. The molecule has 0 aliphatic heterocycles. The van der Waals surface area contributed by atoms with Gasteiger partial charge in [-0.2, -0.15) is 0 Å². The van der Waals surface area contributed by atoms with Crippen molar-refractivity contribution in [2.24, 2.45) is 5.73 Å². The Labute approximate surface area is 113 Å². The van der Waals surface area contributed by atoms with Crippen molar-refractivity contribution in [3.63, 3.8) is 0 Å². The van der Waals surface area contributed by atoms with Crippen LogP contribution < -0.4 is 5.73 Å². The van der Waals surface area contributed by atoms with Gasteiger partial charge in [0.15, 0.2) is 0 Å². The first kappa shape index (κ1) is 13.2. The Morgan fingerprint density at radius 3 is 2.78 bits per heavy atom. The summed E-state index contributed by atoms with van der Waals surface area (Å²) in [6, 6.07) is 9.88. The normalized spacial score (nSPS) is 12.7. The molecule has 2 N–H and O–H groups in total.